The molecule has 0 radical (unpaired) electrons. The van der Waals surface area contributed by atoms with Crippen molar-refractivity contribution in [3.63, 3.8) is 0 Å². The molecule has 0 bridgehead atoms. The number of carbonyl (C=O) groups is 1. The predicted octanol–water partition coefficient (Wildman–Crippen LogP) is 6.71. The third-order valence-corrected chi connectivity index (χ3v) is 6.58. The Morgan fingerprint density at radius 1 is 0.850 bits per heavy atom. The molecule has 1 fully saturated rings. The fourth-order valence-corrected chi connectivity index (χ4v) is 4.49. The summed E-state index contributed by atoms with van der Waals surface area (Å²) >= 11 is 0. The Morgan fingerprint density at radius 3 is 2.00 bits per heavy atom. The van der Waals surface area contributed by atoms with Crippen molar-refractivity contribution in [1.29, 1.82) is 0 Å². The van der Waals surface area contributed by atoms with Gasteiger partial charge < -0.3 is 24.2 Å². The molecule has 1 aliphatic heterocycles. The number of likely N-dealkylation sites (tertiary alicyclic amines) is 1. The van der Waals surface area contributed by atoms with Crippen molar-refractivity contribution in [3.8, 4) is 28.6 Å². The van der Waals surface area contributed by atoms with E-state index in [1.807, 2.05) is 60.7 Å². The van der Waals surface area contributed by atoms with E-state index in [0.717, 1.165) is 23.3 Å². The van der Waals surface area contributed by atoms with Crippen LogP contribution in [0.4, 0.5) is 13.6 Å². The van der Waals surface area contributed by atoms with Crippen LogP contribution in [-0.2, 0) is 13.2 Å². The van der Waals surface area contributed by atoms with E-state index in [2.05, 4.69) is 4.98 Å². The highest BCUT2D eigenvalue weighted by Gasteiger charge is 2.25. The molecule has 1 saturated heterocycles. The fourth-order valence-electron chi connectivity index (χ4n) is 4.49. The molecular weight excluding hydrogens is 518 g/mol. The Bertz CT molecular complexity index is 1420. The first-order valence-electron chi connectivity index (χ1n) is 12.9. The van der Waals surface area contributed by atoms with Gasteiger partial charge in [0.25, 0.3) is 0 Å². The van der Waals surface area contributed by atoms with Crippen LogP contribution in [0.3, 0.4) is 0 Å². The zero-order valence-corrected chi connectivity index (χ0v) is 21.6. The van der Waals surface area contributed by atoms with Gasteiger partial charge in [-0.2, -0.15) is 4.98 Å². The van der Waals surface area contributed by atoms with Crippen LogP contribution >= 0.6 is 0 Å². The molecule has 4 aromatic rings. The summed E-state index contributed by atoms with van der Waals surface area (Å²) in [6.07, 6.45) is -0.463. The number of hydrogen-bond acceptors (Lipinski definition) is 5. The van der Waals surface area contributed by atoms with E-state index < -0.39 is 17.7 Å². The smallest absolute Gasteiger partial charge is 0.407 e. The summed E-state index contributed by atoms with van der Waals surface area (Å²) in [5, 5.41) is 9.11. The molecule has 3 aromatic carbocycles. The number of amides is 1. The molecule has 9 heteroatoms. The van der Waals surface area contributed by atoms with Crippen LogP contribution in [0.1, 0.15) is 24.0 Å². The first-order chi connectivity index (χ1) is 19.5. The van der Waals surface area contributed by atoms with Gasteiger partial charge in [0.05, 0.1) is 11.1 Å². The standard InChI is InChI=1S/C31H28F2N2O5/c32-26-17-24(40-23-13-15-35(16-14-23)31(36)37)18-27(33)29(26)25-11-12-28(38-19-21-7-3-1-4-8-21)34-30(25)39-20-22-9-5-2-6-10-22/h1-12,17-18,23H,13-16,19-20H2,(H,36,37). The Balaban J connectivity index is 1.38. The molecule has 7 nitrogen and oxygen atoms in total. The van der Waals surface area contributed by atoms with Gasteiger partial charge in [-0.15, -0.1) is 0 Å². The Labute approximate surface area is 230 Å². The summed E-state index contributed by atoms with van der Waals surface area (Å²) in [6.45, 7) is 1.01. The highest BCUT2D eigenvalue weighted by molar-refractivity contribution is 5.71. The molecule has 5 rings (SSSR count). The fraction of sp³-hybridized carbons (Fsp3) is 0.226. The van der Waals surface area contributed by atoms with Crippen molar-refractivity contribution >= 4 is 6.09 Å². The van der Waals surface area contributed by atoms with Gasteiger partial charge >= 0.3 is 6.09 Å². The van der Waals surface area contributed by atoms with Crippen molar-refractivity contribution in [2.24, 2.45) is 0 Å². The van der Waals surface area contributed by atoms with Crippen molar-refractivity contribution in [2.45, 2.75) is 32.2 Å². The molecule has 0 aliphatic carbocycles. The second-order valence-corrected chi connectivity index (χ2v) is 9.40. The summed E-state index contributed by atoms with van der Waals surface area (Å²) in [5.74, 6) is -1.34. The lowest BCUT2D eigenvalue weighted by atomic mass is 10.0. The average Bonchev–Trinajstić information content (AvgIpc) is 2.97. The molecule has 206 valence electrons. The molecule has 1 N–H and O–H groups in total. The van der Waals surface area contributed by atoms with E-state index in [9.17, 15) is 4.79 Å². The van der Waals surface area contributed by atoms with Crippen molar-refractivity contribution in [1.82, 2.24) is 9.88 Å². The number of carboxylic acid groups (broad SMARTS) is 1. The maximum absolute atomic E-state index is 15.4. The third kappa shape index (κ3) is 6.66. The van der Waals surface area contributed by atoms with E-state index in [-0.39, 0.29) is 48.0 Å². The Morgan fingerprint density at radius 2 is 1.43 bits per heavy atom. The van der Waals surface area contributed by atoms with Gasteiger partial charge in [0.1, 0.15) is 36.7 Å². The Hall–Kier alpha value is -4.66. The van der Waals surface area contributed by atoms with Crippen LogP contribution in [0.5, 0.6) is 17.5 Å². The predicted molar refractivity (Wildman–Crippen MR) is 144 cm³/mol. The summed E-state index contributed by atoms with van der Waals surface area (Å²) in [5.41, 5.74) is 1.66. The monoisotopic (exact) mass is 546 g/mol. The zero-order valence-electron chi connectivity index (χ0n) is 21.6. The van der Waals surface area contributed by atoms with Gasteiger partial charge in [-0.1, -0.05) is 60.7 Å². The van der Waals surface area contributed by atoms with Crippen LogP contribution in [0.2, 0.25) is 0 Å². The quantitative estimate of drug-likeness (QED) is 0.251. The normalized spacial score (nSPS) is 13.6. The SMILES string of the molecule is O=C(O)N1CCC(Oc2cc(F)c(-c3ccc(OCc4ccccc4)nc3OCc3ccccc3)c(F)c2)CC1. The zero-order chi connectivity index (χ0) is 27.9. The first-order valence-corrected chi connectivity index (χ1v) is 12.9. The number of piperidine rings is 1. The van der Waals surface area contributed by atoms with E-state index in [4.69, 9.17) is 19.3 Å². The molecule has 0 saturated carbocycles. The molecular formula is C31H28F2N2O5. The van der Waals surface area contributed by atoms with Gasteiger partial charge in [0, 0.05) is 44.1 Å². The summed E-state index contributed by atoms with van der Waals surface area (Å²) in [6, 6.07) is 24.3. The van der Waals surface area contributed by atoms with E-state index in [1.54, 1.807) is 6.07 Å². The summed E-state index contributed by atoms with van der Waals surface area (Å²) in [7, 11) is 0. The van der Waals surface area contributed by atoms with Gasteiger partial charge in [-0.25, -0.2) is 13.6 Å². The van der Waals surface area contributed by atoms with Crippen LogP contribution < -0.4 is 14.2 Å². The van der Waals surface area contributed by atoms with E-state index in [1.165, 1.54) is 11.0 Å². The minimum absolute atomic E-state index is 0.0296. The number of pyridine rings is 1. The highest BCUT2D eigenvalue weighted by Crippen LogP contribution is 2.37. The highest BCUT2D eigenvalue weighted by atomic mass is 19.1. The Kier molecular flexibility index (Phi) is 8.39. The lowest BCUT2D eigenvalue weighted by Crippen LogP contribution is -2.41. The number of hydrogen-bond donors (Lipinski definition) is 1. The van der Waals surface area contributed by atoms with Crippen LogP contribution in [-0.4, -0.2) is 40.3 Å². The molecule has 0 spiro atoms. The molecule has 1 amide bonds. The van der Waals surface area contributed by atoms with Crippen molar-refractivity contribution < 1.29 is 32.9 Å². The third-order valence-electron chi connectivity index (χ3n) is 6.58. The second-order valence-electron chi connectivity index (χ2n) is 9.40. The number of nitrogens with zero attached hydrogens (tertiary/aromatic N) is 2. The maximum Gasteiger partial charge on any atom is 0.407 e. The second kappa shape index (κ2) is 12.5. The molecule has 0 atom stereocenters. The number of aromatic nitrogens is 1. The molecule has 1 aliphatic rings. The summed E-state index contributed by atoms with van der Waals surface area (Å²) in [4.78, 5) is 16.9. The number of benzene rings is 3. The number of halogens is 2. The van der Waals surface area contributed by atoms with Crippen molar-refractivity contribution in [2.75, 3.05) is 13.1 Å². The van der Waals surface area contributed by atoms with Crippen LogP contribution in [0, 0.1) is 11.6 Å². The first kappa shape index (κ1) is 26.9. The van der Waals surface area contributed by atoms with Gasteiger partial charge in [0.15, 0.2) is 0 Å². The van der Waals surface area contributed by atoms with Crippen molar-refractivity contribution in [3.05, 3.63) is 108 Å². The molecule has 40 heavy (non-hydrogen) atoms. The van der Waals surface area contributed by atoms with Crippen LogP contribution in [0.15, 0.2) is 84.9 Å². The number of rotatable bonds is 9. The largest absolute Gasteiger partial charge is 0.490 e. The van der Waals surface area contributed by atoms with Crippen LogP contribution in [0.25, 0.3) is 11.1 Å². The van der Waals surface area contributed by atoms with Gasteiger partial charge in [-0.05, 0) is 17.2 Å². The van der Waals surface area contributed by atoms with E-state index >= 15 is 8.78 Å². The molecule has 2 heterocycles. The van der Waals surface area contributed by atoms with E-state index in [0.29, 0.717) is 25.9 Å². The van der Waals surface area contributed by atoms with Gasteiger partial charge in [0.2, 0.25) is 11.8 Å². The molecule has 0 unspecified atom stereocenters. The number of ether oxygens (including phenoxy) is 3. The minimum Gasteiger partial charge on any atom is -0.490 e. The van der Waals surface area contributed by atoms with Gasteiger partial charge in [-0.3, -0.25) is 0 Å². The molecule has 1 aromatic heterocycles. The lowest BCUT2D eigenvalue weighted by Gasteiger charge is -2.30. The maximum atomic E-state index is 15.4. The average molecular weight is 547 g/mol. The topological polar surface area (TPSA) is 81.1 Å². The minimum atomic E-state index is -0.990. The lowest BCUT2D eigenvalue weighted by molar-refractivity contribution is 0.0892. The summed E-state index contributed by atoms with van der Waals surface area (Å²) < 4.78 is 48.4.